The largest absolute Gasteiger partial charge is 0.493 e. The molecule has 0 bridgehead atoms. The molecule has 2 aromatic rings. The van der Waals surface area contributed by atoms with E-state index in [0.717, 1.165) is 17.7 Å². The average Bonchev–Trinajstić information content (AvgIpc) is 3.18. The van der Waals surface area contributed by atoms with E-state index >= 15 is 0 Å². The summed E-state index contributed by atoms with van der Waals surface area (Å²) in [7, 11) is 0. The number of benzene rings is 1. The molecular formula is C24H38N2O2. The van der Waals surface area contributed by atoms with E-state index in [-0.39, 0.29) is 0 Å². The number of imidazole rings is 1. The molecule has 2 rings (SSSR count). The molecule has 0 aliphatic rings. The first kappa shape index (κ1) is 22.5. The summed E-state index contributed by atoms with van der Waals surface area (Å²) in [6.45, 7) is 5.25. The van der Waals surface area contributed by atoms with Crippen LogP contribution in [0.2, 0.25) is 0 Å². The molecular weight excluding hydrogens is 348 g/mol. The van der Waals surface area contributed by atoms with Crippen molar-refractivity contribution in [3.63, 3.8) is 0 Å². The Morgan fingerprint density at radius 3 is 2.25 bits per heavy atom. The molecule has 4 nitrogen and oxygen atoms in total. The summed E-state index contributed by atoms with van der Waals surface area (Å²) in [5, 5.41) is 11.0. The lowest BCUT2D eigenvalue weighted by Crippen LogP contribution is -2.28. The zero-order valence-corrected chi connectivity index (χ0v) is 17.8. The zero-order chi connectivity index (χ0) is 20.1. The quantitative estimate of drug-likeness (QED) is 0.377. The van der Waals surface area contributed by atoms with Gasteiger partial charge in [0.25, 0.3) is 0 Å². The normalized spacial score (nSPS) is 13.4. The molecule has 1 aromatic heterocycles. The lowest BCUT2D eigenvalue weighted by molar-refractivity contribution is 0.0351. The van der Waals surface area contributed by atoms with Crippen molar-refractivity contribution in [2.24, 2.45) is 0 Å². The van der Waals surface area contributed by atoms with Gasteiger partial charge in [-0.2, -0.15) is 0 Å². The standard InChI is InChI=1S/C24H38N2O2/c1-3-4-5-6-7-8-9-10-11-14-19-28-23-16-13-12-15-22(23)24(2,27)20-26-18-17-25-21-26/h12-13,15-18,21,27H,3-11,14,19-20H2,1-2H3. The highest BCUT2D eigenvalue weighted by Crippen LogP contribution is 2.31. The highest BCUT2D eigenvalue weighted by molar-refractivity contribution is 5.37. The number of aromatic nitrogens is 2. The van der Waals surface area contributed by atoms with Gasteiger partial charge in [-0.25, -0.2) is 4.98 Å². The van der Waals surface area contributed by atoms with E-state index in [4.69, 9.17) is 4.74 Å². The van der Waals surface area contributed by atoms with Crippen LogP contribution in [0.3, 0.4) is 0 Å². The van der Waals surface area contributed by atoms with Crippen molar-refractivity contribution in [2.75, 3.05) is 6.61 Å². The molecule has 0 aliphatic heterocycles. The van der Waals surface area contributed by atoms with Crippen LogP contribution in [0.5, 0.6) is 5.75 Å². The number of para-hydroxylation sites is 1. The number of aliphatic hydroxyl groups is 1. The van der Waals surface area contributed by atoms with Crippen LogP contribution in [0.4, 0.5) is 0 Å². The van der Waals surface area contributed by atoms with Gasteiger partial charge in [0.15, 0.2) is 0 Å². The molecule has 1 unspecified atom stereocenters. The van der Waals surface area contributed by atoms with Crippen LogP contribution < -0.4 is 4.74 Å². The molecule has 156 valence electrons. The first-order valence-electron chi connectivity index (χ1n) is 11.0. The summed E-state index contributed by atoms with van der Waals surface area (Å²) >= 11 is 0. The second-order valence-corrected chi connectivity index (χ2v) is 8.04. The molecule has 0 spiro atoms. The minimum atomic E-state index is -1.00. The lowest BCUT2D eigenvalue weighted by Gasteiger charge is -2.26. The molecule has 1 N–H and O–H groups in total. The number of ether oxygens (including phenoxy) is 1. The molecule has 28 heavy (non-hydrogen) atoms. The summed E-state index contributed by atoms with van der Waals surface area (Å²) in [6, 6.07) is 7.81. The van der Waals surface area contributed by atoms with Crippen LogP contribution in [0.1, 0.15) is 83.6 Å². The molecule has 0 amide bonds. The number of hydrogen-bond acceptors (Lipinski definition) is 3. The number of unbranched alkanes of at least 4 members (excludes halogenated alkanes) is 9. The first-order valence-corrected chi connectivity index (χ1v) is 11.0. The lowest BCUT2D eigenvalue weighted by atomic mass is 9.95. The Labute approximate surface area is 171 Å². The van der Waals surface area contributed by atoms with Crippen LogP contribution in [-0.4, -0.2) is 21.3 Å². The fourth-order valence-corrected chi connectivity index (χ4v) is 3.63. The van der Waals surface area contributed by atoms with Crippen molar-refractivity contribution in [1.29, 1.82) is 0 Å². The molecule has 0 saturated carbocycles. The molecule has 0 radical (unpaired) electrons. The van der Waals surface area contributed by atoms with Gasteiger partial charge in [-0.15, -0.1) is 0 Å². The van der Waals surface area contributed by atoms with Crippen molar-refractivity contribution >= 4 is 0 Å². The smallest absolute Gasteiger partial charge is 0.125 e. The van der Waals surface area contributed by atoms with Crippen LogP contribution >= 0.6 is 0 Å². The van der Waals surface area contributed by atoms with Crippen molar-refractivity contribution < 1.29 is 9.84 Å². The van der Waals surface area contributed by atoms with Gasteiger partial charge in [0, 0.05) is 18.0 Å². The maximum Gasteiger partial charge on any atom is 0.125 e. The van der Waals surface area contributed by atoms with Crippen molar-refractivity contribution in [3.05, 3.63) is 48.5 Å². The molecule has 4 heteroatoms. The van der Waals surface area contributed by atoms with Gasteiger partial charge in [0.2, 0.25) is 0 Å². The Kier molecular flexibility index (Phi) is 10.1. The second-order valence-electron chi connectivity index (χ2n) is 8.04. The highest BCUT2D eigenvalue weighted by Gasteiger charge is 2.27. The third-order valence-electron chi connectivity index (χ3n) is 5.27. The second kappa shape index (κ2) is 12.6. The van der Waals surface area contributed by atoms with Crippen molar-refractivity contribution in [1.82, 2.24) is 9.55 Å². The Bertz CT molecular complexity index is 638. The summed E-state index contributed by atoms with van der Waals surface area (Å²) in [4.78, 5) is 4.05. The van der Waals surface area contributed by atoms with Gasteiger partial charge in [0.05, 0.1) is 19.5 Å². The van der Waals surface area contributed by atoms with Gasteiger partial charge in [-0.05, 0) is 19.4 Å². The Morgan fingerprint density at radius 1 is 0.964 bits per heavy atom. The Hall–Kier alpha value is -1.81. The highest BCUT2D eigenvalue weighted by atomic mass is 16.5. The maximum atomic E-state index is 11.0. The summed E-state index contributed by atoms with van der Waals surface area (Å²) in [6.07, 6.45) is 18.5. The van der Waals surface area contributed by atoms with E-state index in [1.54, 1.807) is 12.5 Å². The van der Waals surface area contributed by atoms with E-state index in [2.05, 4.69) is 11.9 Å². The first-order chi connectivity index (χ1) is 13.6. The summed E-state index contributed by atoms with van der Waals surface area (Å²) in [5.41, 5.74) is -0.175. The van der Waals surface area contributed by atoms with Crippen molar-refractivity contribution in [3.8, 4) is 5.75 Å². The van der Waals surface area contributed by atoms with Crippen LogP contribution in [-0.2, 0) is 12.1 Å². The SMILES string of the molecule is CCCCCCCCCCCCOc1ccccc1C(C)(O)Cn1ccnc1. The minimum Gasteiger partial charge on any atom is -0.493 e. The number of rotatable bonds is 15. The fraction of sp³-hybridized carbons (Fsp3) is 0.625. The molecule has 0 fully saturated rings. The Balaban J connectivity index is 1.68. The van der Waals surface area contributed by atoms with E-state index < -0.39 is 5.60 Å². The minimum absolute atomic E-state index is 0.450. The third kappa shape index (κ3) is 8.05. The number of hydrogen-bond donors (Lipinski definition) is 1. The van der Waals surface area contributed by atoms with E-state index in [0.29, 0.717) is 13.2 Å². The van der Waals surface area contributed by atoms with Gasteiger partial charge in [0.1, 0.15) is 11.4 Å². The molecule has 1 heterocycles. The van der Waals surface area contributed by atoms with E-state index in [1.165, 1.54) is 57.8 Å². The average molecular weight is 387 g/mol. The van der Waals surface area contributed by atoms with Crippen molar-refractivity contribution in [2.45, 2.75) is 90.2 Å². The van der Waals surface area contributed by atoms with Gasteiger partial charge in [-0.3, -0.25) is 0 Å². The van der Waals surface area contributed by atoms with Gasteiger partial charge < -0.3 is 14.4 Å². The van der Waals surface area contributed by atoms with E-state index in [9.17, 15) is 5.11 Å². The van der Waals surface area contributed by atoms with Crippen LogP contribution in [0.15, 0.2) is 43.0 Å². The maximum absolute atomic E-state index is 11.0. The third-order valence-corrected chi connectivity index (χ3v) is 5.27. The predicted octanol–water partition coefficient (Wildman–Crippen LogP) is 6.09. The monoisotopic (exact) mass is 386 g/mol. The molecule has 0 aliphatic carbocycles. The molecule has 1 aromatic carbocycles. The van der Waals surface area contributed by atoms with E-state index in [1.807, 2.05) is 42.0 Å². The zero-order valence-electron chi connectivity index (χ0n) is 17.8. The topological polar surface area (TPSA) is 47.3 Å². The molecule has 1 atom stereocenters. The van der Waals surface area contributed by atoms with Gasteiger partial charge >= 0.3 is 0 Å². The Morgan fingerprint density at radius 2 is 1.61 bits per heavy atom. The number of nitrogens with zero attached hydrogens (tertiary/aromatic N) is 2. The predicted molar refractivity (Wildman–Crippen MR) is 116 cm³/mol. The summed E-state index contributed by atoms with van der Waals surface area (Å²) < 4.78 is 7.92. The van der Waals surface area contributed by atoms with Crippen LogP contribution in [0, 0.1) is 0 Å². The molecule has 0 saturated heterocycles. The van der Waals surface area contributed by atoms with Crippen LogP contribution in [0.25, 0.3) is 0 Å². The summed E-state index contributed by atoms with van der Waals surface area (Å²) in [5.74, 6) is 0.781. The van der Waals surface area contributed by atoms with Gasteiger partial charge in [-0.1, -0.05) is 82.9 Å². The fourth-order valence-electron chi connectivity index (χ4n) is 3.63.